The summed E-state index contributed by atoms with van der Waals surface area (Å²) in [7, 11) is 3.74. The van der Waals surface area contributed by atoms with E-state index in [0.29, 0.717) is 19.3 Å². The molecule has 0 bridgehead atoms. The smallest absolute Gasteiger partial charge is 0.320 e. The largest absolute Gasteiger partial charge is 0.468 e. The second-order valence-corrected chi connectivity index (χ2v) is 10.3. The number of ketones is 1. The molecule has 0 spiro atoms. The van der Waals surface area contributed by atoms with Crippen molar-refractivity contribution in [3.05, 3.63) is 71.8 Å². The molecule has 42 heavy (non-hydrogen) atoms. The molecule has 3 unspecified atom stereocenters. The maximum atomic E-state index is 11.8. The summed E-state index contributed by atoms with van der Waals surface area (Å²) in [5.41, 5.74) is 0.265. The lowest BCUT2D eigenvalue weighted by Gasteiger charge is -2.34. The van der Waals surface area contributed by atoms with Crippen LogP contribution in [0.5, 0.6) is 0 Å². The van der Waals surface area contributed by atoms with Crippen molar-refractivity contribution in [3.8, 4) is 12.1 Å². The zero-order valence-electron chi connectivity index (χ0n) is 24.6. The molecule has 0 N–H and O–H groups in total. The Morgan fingerprint density at radius 3 is 1.98 bits per heavy atom. The molecular weight excluding hydrogens is 536 g/mol. The fraction of sp³-hybridized carbons (Fsp3) is 0.455. The summed E-state index contributed by atoms with van der Waals surface area (Å²) < 4.78 is 14.0. The van der Waals surface area contributed by atoms with Gasteiger partial charge < -0.3 is 14.2 Å². The minimum absolute atomic E-state index is 0.131. The Labute approximate surface area is 247 Å². The summed E-state index contributed by atoms with van der Waals surface area (Å²) in [6.07, 6.45) is 2.98. The van der Waals surface area contributed by atoms with Crippen molar-refractivity contribution in [2.45, 2.75) is 62.7 Å². The maximum Gasteiger partial charge on any atom is 0.320 e. The molecule has 2 aromatic rings. The first-order chi connectivity index (χ1) is 20.2. The van der Waals surface area contributed by atoms with Gasteiger partial charge in [-0.3, -0.25) is 19.2 Å². The maximum absolute atomic E-state index is 11.8. The number of rotatable bonds is 10. The van der Waals surface area contributed by atoms with Crippen LogP contribution in [0.25, 0.3) is 0 Å². The van der Waals surface area contributed by atoms with E-state index in [1.807, 2.05) is 67.6 Å². The average molecular weight is 575 g/mol. The molecule has 0 aromatic heterocycles. The fourth-order valence-electron chi connectivity index (χ4n) is 5.40. The normalized spacial score (nSPS) is 19.1. The number of Topliss-reactive ketones (excluding diaryl/α,β-unsaturated/α-hetero) is 1. The van der Waals surface area contributed by atoms with Gasteiger partial charge >= 0.3 is 17.9 Å². The lowest BCUT2D eigenvalue weighted by molar-refractivity contribution is -0.159. The van der Waals surface area contributed by atoms with Crippen LogP contribution in [-0.4, -0.2) is 45.0 Å². The second-order valence-electron chi connectivity index (χ2n) is 10.3. The molecule has 9 nitrogen and oxygen atoms in total. The van der Waals surface area contributed by atoms with Crippen LogP contribution >= 0.6 is 0 Å². The third kappa shape index (κ3) is 8.04. The summed E-state index contributed by atoms with van der Waals surface area (Å²) in [4.78, 5) is 47.1. The first-order valence-electron chi connectivity index (χ1n) is 13.9. The van der Waals surface area contributed by atoms with Gasteiger partial charge in [0, 0.05) is 6.42 Å². The molecular formula is C33H38N2O7. The van der Waals surface area contributed by atoms with Crippen molar-refractivity contribution >= 4 is 23.7 Å². The van der Waals surface area contributed by atoms with E-state index in [0.717, 1.165) is 17.5 Å². The number of benzene rings is 2. The highest BCUT2D eigenvalue weighted by Crippen LogP contribution is 2.40. The zero-order valence-corrected chi connectivity index (χ0v) is 24.6. The summed E-state index contributed by atoms with van der Waals surface area (Å²) in [5, 5.41) is 19.3. The van der Waals surface area contributed by atoms with Crippen LogP contribution in [0.1, 0.15) is 63.0 Å². The van der Waals surface area contributed by atoms with Crippen LogP contribution in [0.3, 0.4) is 0 Å². The fourth-order valence-corrected chi connectivity index (χ4v) is 5.40. The molecule has 0 heterocycles. The number of ether oxygens (including phenoxy) is 3. The number of carbonyl (C=O) groups excluding carboxylic acids is 4. The third-order valence-corrected chi connectivity index (χ3v) is 7.81. The molecule has 2 aromatic carbocycles. The highest BCUT2D eigenvalue weighted by molar-refractivity contribution is 6.00. The van der Waals surface area contributed by atoms with Crippen molar-refractivity contribution in [2.24, 2.45) is 11.8 Å². The van der Waals surface area contributed by atoms with Crippen LogP contribution in [0, 0.1) is 34.5 Å². The van der Waals surface area contributed by atoms with Gasteiger partial charge in [-0.2, -0.15) is 10.5 Å². The first kappa shape index (κ1) is 33.7. The van der Waals surface area contributed by atoms with E-state index in [9.17, 15) is 29.7 Å². The topological polar surface area (TPSA) is 144 Å². The van der Waals surface area contributed by atoms with Crippen LogP contribution in [0.4, 0.5) is 0 Å². The van der Waals surface area contributed by atoms with Gasteiger partial charge in [0.15, 0.2) is 5.92 Å². The molecule has 1 aliphatic carbocycles. The molecule has 1 saturated carbocycles. The highest BCUT2D eigenvalue weighted by Gasteiger charge is 2.45. The van der Waals surface area contributed by atoms with Crippen LogP contribution < -0.4 is 0 Å². The van der Waals surface area contributed by atoms with Gasteiger partial charge in [0.05, 0.1) is 44.3 Å². The van der Waals surface area contributed by atoms with Gasteiger partial charge in [-0.25, -0.2) is 0 Å². The van der Waals surface area contributed by atoms with Crippen molar-refractivity contribution in [1.82, 2.24) is 0 Å². The van der Waals surface area contributed by atoms with E-state index < -0.39 is 40.6 Å². The number of nitrogens with zero attached hydrogens (tertiary/aromatic N) is 2. The first-order valence-corrected chi connectivity index (χ1v) is 13.9. The second kappa shape index (κ2) is 16.1. The Hall–Kier alpha value is -4.50. The van der Waals surface area contributed by atoms with Crippen LogP contribution in [0.2, 0.25) is 0 Å². The lowest BCUT2D eigenvalue weighted by Crippen LogP contribution is -2.40. The van der Waals surface area contributed by atoms with E-state index in [-0.39, 0.29) is 25.0 Å². The summed E-state index contributed by atoms with van der Waals surface area (Å²) in [6, 6.07) is 23.5. The standard InChI is InChI=1S/C18H23NO4.C15H15NO3/c1-4-11-18(13-19,14-8-6-5-7-9-14)12-10-15(16(20)22-2)17(21)23-3;1-19-14(18)12-9-15(10-16,8-7-13(12)17)11-5-3-2-4-6-11/h5-9,15H,4,10-12H2,1-3H3;2-6,12H,7-9H2,1H3. The van der Waals surface area contributed by atoms with Gasteiger partial charge in [-0.15, -0.1) is 0 Å². The summed E-state index contributed by atoms with van der Waals surface area (Å²) in [6.45, 7) is 2.01. The van der Waals surface area contributed by atoms with Crippen molar-refractivity contribution in [1.29, 1.82) is 10.5 Å². The number of methoxy groups -OCH3 is 3. The van der Waals surface area contributed by atoms with Crippen molar-refractivity contribution in [3.63, 3.8) is 0 Å². The molecule has 3 atom stereocenters. The number of esters is 3. The molecule has 0 aliphatic heterocycles. The minimum atomic E-state index is -1.00. The van der Waals surface area contributed by atoms with E-state index >= 15 is 0 Å². The SMILES string of the molecule is CCCC(C#N)(CCC(C(=O)OC)C(=O)OC)c1ccccc1.COC(=O)C1CC(C#N)(c2ccccc2)CCC1=O. The number of nitriles is 2. The Morgan fingerprint density at radius 2 is 1.50 bits per heavy atom. The van der Waals surface area contributed by atoms with Gasteiger partial charge in [0.2, 0.25) is 0 Å². The quantitative estimate of drug-likeness (QED) is 0.218. The van der Waals surface area contributed by atoms with Crippen LogP contribution in [-0.2, 0) is 44.2 Å². The van der Waals surface area contributed by atoms with E-state index in [2.05, 4.69) is 26.3 Å². The predicted octanol–water partition coefficient (Wildman–Crippen LogP) is 4.98. The van der Waals surface area contributed by atoms with Crippen molar-refractivity contribution in [2.75, 3.05) is 21.3 Å². The summed E-state index contributed by atoms with van der Waals surface area (Å²) in [5.74, 6) is -3.76. The highest BCUT2D eigenvalue weighted by atomic mass is 16.5. The molecule has 3 rings (SSSR count). The number of hydrogen-bond acceptors (Lipinski definition) is 9. The molecule has 222 valence electrons. The zero-order chi connectivity index (χ0) is 31.2. The Kier molecular flexibility index (Phi) is 12.9. The Morgan fingerprint density at radius 1 is 0.929 bits per heavy atom. The molecule has 1 fully saturated rings. The van der Waals surface area contributed by atoms with Crippen LogP contribution in [0.15, 0.2) is 60.7 Å². The molecule has 1 aliphatic rings. The Balaban J connectivity index is 0.000000298. The van der Waals surface area contributed by atoms with E-state index in [1.165, 1.54) is 21.3 Å². The third-order valence-electron chi connectivity index (χ3n) is 7.81. The van der Waals surface area contributed by atoms with Crippen molar-refractivity contribution < 1.29 is 33.4 Å². The average Bonchev–Trinajstić information content (AvgIpc) is 3.05. The Bertz CT molecular complexity index is 1280. The lowest BCUT2D eigenvalue weighted by atomic mass is 9.66. The monoisotopic (exact) mass is 574 g/mol. The van der Waals surface area contributed by atoms with Gasteiger partial charge in [-0.05, 0) is 43.2 Å². The predicted molar refractivity (Wildman–Crippen MR) is 153 cm³/mol. The number of carbonyl (C=O) groups is 4. The molecule has 9 heteroatoms. The van der Waals surface area contributed by atoms with E-state index in [1.54, 1.807) is 0 Å². The summed E-state index contributed by atoms with van der Waals surface area (Å²) >= 11 is 0. The van der Waals surface area contributed by atoms with E-state index in [4.69, 9.17) is 0 Å². The molecule has 0 saturated heterocycles. The van der Waals surface area contributed by atoms with Gasteiger partial charge in [0.25, 0.3) is 0 Å². The molecule has 0 amide bonds. The minimum Gasteiger partial charge on any atom is -0.468 e. The molecule has 0 radical (unpaired) electrons. The number of hydrogen-bond donors (Lipinski definition) is 0. The van der Waals surface area contributed by atoms with Gasteiger partial charge in [0.1, 0.15) is 11.7 Å². The van der Waals surface area contributed by atoms with Gasteiger partial charge in [-0.1, -0.05) is 74.0 Å².